The zero-order chi connectivity index (χ0) is 9.56. The molecule has 0 radical (unpaired) electrons. The number of nitriles is 1. The van der Waals surface area contributed by atoms with Crippen LogP contribution in [0.4, 0.5) is 0 Å². The van der Waals surface area contributed by atoms with Gasteiger partial charge in [-0.3, -0.25) is 0 Å². The molecule has 0 aromatic rings. The molecule has 0 heterocycles. The van der Waals surface area contributed by atoms with E-state index in [1.165, 1.54) is 0 Å². The Labute approximate surface area is 73.0 Å². The summed E-state index contributed by atoms with van der Waals surface area (Å²) in [7, 11) is 5.33. The zero-order valence-electron chi connectivity index (χ0n) is 7.68. The molecule has 2 N–H and O–H groups in total. The van der Waals surface area contributed by atoms with Crippen LogP contribution in [-0.4, -0.2) is 38.3 Å². The minimum atomic E-state index is 0.405. The number of hydrogen-bond acceptors (Lipinski definition) is 4. The van der Waals surface area contributed by atoms with Crippen molar-refractivity contribution in [3.05, 3.63) is 11.8 Å². The quantitative estimate of drug-likeness (QED) is 0.463. The molecule has 0 unspecified atom stereocenters. The van der Waals surface area contributed by atoms with Crippen molar-refractivity contribution in [1.82, 2.24) is 10.2 Å². The molecule has 0 bridgehead atoms. The number of hydrogen-bond donors (Lipinski definition) is 2. The van der Waals surface area contributed by atoms with Gasteiger partial charge >= 0.3 is 0 Å². The van der Waals surface area contributed by atoms with Gasteiger partial charge in [0.25, 0.3) is 0 Å². The lowest BCUT2D eigenvalue weighted by molar-refractivity contribution is 0.534. The highest BCUT2D eigenvalue weighted by atomic mass is 15.1. The maximum atomic E-state index is 8.64. The largest absolute Gasteiger partial charge is 0.369 e. The van der Waals surface area contributed by atoms with E-state index in [1.54, 1.807) is 32.1 Å². The molecule has 0 aromatic carbocycles. The molecule has 0 saturated carbocycles. The normalized spacial score (nSPS) is 10.7. The van der Waals surface area contributed by atoms with Crippen LogP contribution in [0.3, 0.4) is 0 Å². The summed E-state index contributed by atoms with van der Waals surface area (Å²) in [6.45, 7) is 0.485. The van der Waals surface area contributed by atoms with E-state index in [0.717, 1.165) is 0 Å². The van der Waals surface area contributed by atoms with Gasteiger partial charge in [0.05, 0.1) is 0 Å². The minimum Gasteiger partial charge on any atom is -0.369 e. The third-order valence-electron chi connectivity index (χ3n) is 1.27. The molecule has 0 rings (SSSR count). The van der Waals surface area contributed by atoms with Gasteiger partial charge in [0.1, 0.15) is 11.8 Å². The lowest BCUT2D eigenvalue weighted by Gasteiger charge is -2.09. The molecule has 4 heteroatoms. The first-order valence-corrected chi connectivity index (χ1v) is 3.63. The van der Waals surface area contributed by atoms with Crippen LogP contribution in [0.25, 0.3) is 0 Å². The number of nitrogens with zero attached hydrogens (tertiary/aromatic N) is 2. The molecular formula is C8H14N4. The Hall–Kier alpha value is -1.34. The summed E-state index contributed by atoms with van der Waals surface area (Å²) >= 11 is 0. The predicted molar refractivity (Wildman–Crippen MR) is 49.0 cm³/mol. The van der Waals surface area contributed by atoms with E-state index in [2.05, 4.69) is 5.32 Å². The minimum absolute atomic E-state index is 0.405. The average Bonchev–Trinajstić information content (AvgIpc) is 2.00. The van der Waals surface area contributed by atoms with Crippen molar-refractivity contribution < 1.29 is 0 Å². The molecule has 0 amide bonds. The number of allylic oxidation sites excluding steroid dienone is 1. The summed E-state index contributed by atoms with van der Waals surface area (Å²) in [5.41, 5.74) is 0.901. The van der Waals surface area contributed by atoms with Crippen LogP contribution in [0, 0.1) is 16.7 Å². The molecule has 0 aliphatic carbocycles. The van der Waals surface area contributed by atoms with Crippen LogP contribution in [0.1, 0.15) is 0 Å². The fourth-order valence-electron chi connectivity index (χ4n) is 0.668. The second-order valence-electron chi connectivity index (χ2n) is 2.59. The Balaban J connectivity index is 4.31. The predicted octanol–water partition coefficient (Wildman–Crippen LogP) is 0.195. The molecule has 0 fully saturated rings. The van der Waals surface area contributed by atoms with Crippen molar-refractivity contribution in [2.24, 2.45) is 0 Å². The number of nitrogens with one attached hydrogen (secondary N) is 2. The van der Waals surface area contributed by atoms with Gasteiger partial charge in [0.2, 0.25) is 0 Å². The van der Waals surface area contributed by atoms with E-state index in [4.69, 9.17) is 10.7 Å². The van der Waals surface area contributed by atoms with Crippen molar-refractivity contribution >= 4 is 5.71 Å². The van der Waals surface area contributed by atoms with Gasteiger partial charge in [0.15, 0.2) is 0 Å². The van der Waals surface area contributed by atoms with Gasteiger partial charge in [0, 0.05) is 26.4 Å². The van der Waals surface area contributed by atoms with Crippen LogP contribution in [0.15, 0.2) is 11.8 Å². The van der Waals surface area contributed by atoms with E-state index in [0.29, 0.717) is 18.0 Å². The highest BCUT2D eigenvalue weighted by Crippen LogP contribution is 1.95. The highest BCUT2D eigenvalue weighted by Gasteiger charge is 1.98. The van der Waals surface area contributed by atoms with E-state index in [1.807, 2.05) is 6.07 Å². The van der Waals surface area contributed by atoms with Gasteiger partial charge in [-0.25, -0.2) is 0 Å². The lowest BCUT2D eigenvalue weighted by Crippen LogP contribution is -2.18. The number of rotatable bonds is 4. The molecule has 0 aliphatic rings. The highest BCUT2D eigenvalue weighted by molar-refractivity contribution is 5.94. The van der Waals surface area contributed by atoms with Crippen LogP contribution >= 0.6 is 0 Å². The fourth-order valence-corrected chi connectivity index (χ4v) is 0.668. The summed E-state index contributed by atoms with van der Waals surface area (Å²) in [6.07, 6.45) is 1.55. The standard InChI is InChI=1S/C8H14N4/c1-11-6-7(10)4-8(5-9)12(2)3/h4,10-11H,6H2,1-3H3/b8-4-,10-7?. The molecule has 12 heavy (non-hydrogen) atoms. The van der Waals surface area contributed by atoms with Gasteiger partial charge < -0.3 is 15.6 Å². The van der Waals surface area contributed by atoms with Crippen LogP contribution in [0.2, 0.25) is 0 Å². The summed E-state index contributed by atoms with van der Waals surface area (Å²) in [6, 6.07) is 2.01. The van der Waals surface area contributed by atoms with E-state index < -0.39 is 0 Å². The van der Waals surface area contributed by atoms with E-state index in [-0.39, 0.29) is 0 Å². The maximum absolute atomic E-state index is 8.64. The van der Waals surface area contributed by atoms with Crippen molar-refractivity contribution in [3.63, 3.8) is 0 Å². The topological polar surface area (TPSA) is 62.9 Å². The molecule has 0 aliphatic heterocycles. The first kappa shape index (κ1) is 10.7. The zero-order valence-corrected chi connectivity index (χ0v) is 7.68. The molecular weight excluding hydrogens is 152 g/mol. The van der Waals surface area contributed by atoms with Crippen LogP contribution in [-0.2, 0) is 0 Å². The van der Waals surface area contributed by atoms with Crippen molar-refractivity contribution in [2.75, 3.05) is 27.7 Å². The van der Waals surface area contributed by atoms with Gasteiger partial charge in [-0.05, 0) is 13.1 Å². The third-order valence-corrected chi connectivity index (χ3v) is 1.27. The van der Waals surface area contributed by atoms with Gasteiger partial charge in [-0.1, -0.05) is 0 Å². The molecule has 0 aromatic heterocycles. The Morgan fingerprint density at radius 1 is 1.67 bits per heavy atom. The Bertz CT molecular complexity index is 222. The molecule has 0 saturated heterocycles. The molecule has 4 nitrogen and oxygen atoms in total. The summed E-state index contributed by atoms with van der Waals surface area (Å²) in [5, 5.41) is 18.9. The van der Waals surface area contributed by atoms with Crippen LogP contribution < -0.4 is 5.32 Å². The summed E-state index contributed by atoms with van der Waals surface area (Å²) < 4.78 is 0. The van der Waals surface area contributed by atoms with E-state index >= 15 is 0 Å². The van der Waals surface area contributed by atoms with Gasteiger partial charge in [-0.15, -0.1) is 0 Å². The SMILES string of the molecule is CNCC(=N)/C=C(/C#N)N(C)C. The molecule has 0 spiro atoms. The smallest absolute Gasteiger partial charge is 0.117 e. The molecule has 0 atom stereocenters. The summed E-state index contributed by atoms with van der Waals surface area (Å²) in [4.78, 5) is 1.68. The Morgan fingerprint density at radius 2 is 2.25 bits per heavy atom. The van der Waals surface area contributed by atoms with Crippen molar-refractivity contribution in [3.8, 4) is 6.07 Å². The third kappa shape index (κ3) is 3.74. The monoisotopic (exact) mass is 166 g/mol. The Kier molecular flexibility index (Phi) is 4.73. The summed E-state index contributed by atoms with van der Waals surface area (Å²) in [5.74, 6) is 0. The van der Waals surface area contributed by atoms with Crippen molar-refractivity contribution in [1.29, 1.82) is 10.7 Å². The Morgan fingerprint density at radius 3 is 2.58 bits per heavy atom. The first-order chi connectivity index (χ1) is 5.61. The lowest BCUT2D eigenvalue weighted by atomic mass is 10.3. The van der Waals surface area contributed by atoms with Crippen molar-refractivity contribution in [2.45, 2.75) is 0 Å². The van der Waals surface area contributed by atoms with E-state index in [9.17, 15) is 0 Å². The fraction of sp³-hybridized carbons (Fsp3) is 0.500. The maximum Gasteiger partial charge on any atom is 0.117 e. The van der Waals surface area contributed by atoms with Crippen LogP contribution in [0.5, 0.6) is 0 Å². The molecule has 66 valence electrons. The average molecular weight is 166 g/mol. The van der Waals surface area contributed by atoms with Gasteiger partial charge in [-0.2, -0.15) is 5.26 Å². The second-order valence-corrected chi connectivity index (χ2v) is 2.59. The first-order valence-electron chi connectivity index (χ1n) is 3.63. The second kappa shape index (κ2) is 5.33.